The van der Waals surface area contributed by atoms with Crippen molar-refractivity contribution in [1.82, 2.24) is 4.90 Å². The number of aliphatic hydroxyl groups excluding tert-OH is 1. The van der Waals surface area contributed by atoms with Crippen molar-refractivity contribution in [2.24, 2.45) is 0 Å². The molecule has 2 rings (SSSR count). The van der Waals surface area contributed by atoms with Crippen molar-refractivity contribution in [2.45, 2.75) is 26.8 Å². The molecule has 0 spiro atoms. The molecule has 0 aliphatic carbocycles. The fraction of sp³-hybridized carbons (Fsp3) is 0.562. The van der Waals surface area contributed by atoms with Gasteiger partial charge in [0.2, 0.25) is 0 Å². The van der Waals surface area contributed by atoms with Gasteiger partial charge in [-0.2, -0.15) is 0 Å². The fourth-order valence-electron chi connectivity index (χ4n) is 1.57. The van der Waals surface area contributed by atoms with E-state index in [2.05, 4.69) is 4.90 Å². The topological polar surface area (TPSA) is 49.8 Å². The smallest absolute Gasteiger partial charge is 0.150 e. The minimum absolute atomic E-state index is 0.205. The number of carbonyl (C=O) groups excluding carboxylic acids is 1. The van der Waals surface area contributed by atoms with Crippen molar-refractivity contribution in [2.75, 3.05) is 33.4 Å². The normalized spacial score (nSPS) is 18.1. The summed E-state index contributed by atoms with van der Waals surface area (Å²) in [4.78, 5) is 12.2. The van der Waals surface area contributed by atoms with Gasteiger partial charge in [0.05, 0.1) is 25.9 Å². The summed E-state index contributed by atoms with van der Waals surface area (Å²) >= 11 is 0. The van der Waals surface area contributed by atoms with Crippen LogP contribution in [0.1, 0.15) is 29.8 Å². The van der Waals surface area contributed by atoms with E-state index in [4.69, 9.17) is 9.84 Å². The standard InChI is InChI=1S/C8H8O.C6H13NO2.C2H6/c1-7-2-4-8(6-9)5-3-7;1-7-2-3-9-5-6(7)4-8;1-2/h2-6H,1H3;6,8H,2-5H2,1H3;1-2H3/t;6-;/m.1./s1. The van der Waals surface area contributed by atoms with Crippen LogP contribution in [0.25, 0.3) is 0 Å². The molecule has 114 valence electrons. The van der Waals surface area contributed by atoms with Crippen molar-refractivity contribution in [3.05, 3.63) is 35.4 Å². The van der Waals surface area contributed by atoms with Gasteiger partial charge >= 0.3 is 0 Å². The Balaban J connectivity index is 0.000000321. The highest BCUT2D eigenvalue weighted by Crippen LogP contribution is 2.01. The van der Waals surface area contributed by atoms with Gasteiger partial charge in [0, 0.05) is 12.1 Å². The summed E-state index contributed by atoms with van der Waals surface area (Å²) < 4.78 is 5.14. The molecule has 1 aliphatic heterocycles. The lowest BCUT2D eigenvalue weighted by Gasteiger charge is -2.30. The number of rotatable bonds is 2. The second-order valence-electron chi connectivity index (χ2n) is 4.42. The average Bonchev–Trinajstić information content (AvgIpc) is 2.51. The molecule has 0 amide bonds. The van der Waals surface area contributed by atoms with E-state index in [1.807, 2.05) is 52.1 Å². The van der Waals surface area contributed by atoms with E-state index in [1.165, 1.54) is 5.56 Å². The molecule has 20 heavy (non-hydrogen) atoms. The Hall–Kier alpha value is -1.23. The van der Waals surface area contributed by atoms with Crippen LogP contribution in [0.4, 0.5) is 0 Å². The van der Waals surface area contributed by atoms with Crippen molar-refractivity contribution in [1.29, 1.82) is 0 Å². The van der Waals surface area contributed by atoms with Gasteiger partial charge in [-0.3, -0.25) is 9.69 Å². The number of morpholine rings is 1. The zero-order chi connectivity index (χ0) is 15.4. The molecule has 1 aromatic rings. The fourth-order valence-corrected chi connectivity index (χ4v) is 1.57. The predicted molar refractivity (Wildman–Crippen MR) is 82.2 cm³/mol. The van der Waals surface area contributed by atoms with Crippen LogP contribution in [-0.4, -0.2) is 55.7 Å². The molecule has 1 aromatic carbocycles. The van der Waals surface area contributed by atoms with E-state index in [0.717, 1.165) is 25.0 Å². The van der Waals surface area contributed by atoms with Crippen LogP contribution in [0.3, 0.4) is 0 Å². The summed E-state index contributed by atoms with van der Waals surface area (Å²) in [5.41, 5.74) is 1.92. The average molecular weight is 281 g/mol. The predicted octanol–water partition coefficient (Wildman–Crippen LogP) is 2.14. The molecular weight excluding hydrogens is 254 g/mol. The maximum Gasteiger partial charge on any atom is 0.150 e. The summed E-state index contributed by atoms with van der Waals surface area (Å²) in [7, 11) is 2.00. The Bertz CT molecular complexity index is 351. The molecule has 1 heterocycles. The molecule has 0 bridgehead atoms. The second-order valence-corrected chi connectivity index (χ2v) is 4.42. The number of hydrogen-bond donors (Lipinski definition) is 1. The largest absolute Gasteiger partial charge is 0.395 e. The Morgan fingerprint density at radius 1 is 1.35 bits per heavy atom. The second kappa shape index (κ2) is 11.6. The van der Waals surface area contributed by atoms with Gasteiger partial charge in [0.1, 0.15) is 6.29 Å². The molecule has 4 nitrogen and oxygen atoms in total. The maximum absolute atomic E-state index is 10.1. The molecule has 1 atom stereocenters. The summed E-state index contributed by atoms with van der Waals surface area (Å²) in [6.45, 7) is 8.61. The third-order valence-corrected chi connectivity index (χ3v) is 2.95. The monoisotopic (exact) mass is 281 g/mol. The number of nitrogens with zero attached hydrogens (tertiary/aromatic N) is 1. The summed E-state index contributed by atoms with van der Waals surface area (Å²) in [6, 6.07) is 7.68. The van der Waals surface area contributed by atoms with Crippen LogP contribution in [-0.2, 0) is 4.74 Å². The van der Waals surface area contributed by atoms with Crippen LogP contribution in [0, 0.1) is 6.92 Å². The quantitative estimate of drug-likeness (QED) is 0.844. The van der Waals surface area contributed by atoms with Gasteiger partial charge in [0.25, 0.3) is 0 Å². The first-order chi connectivity index (χ1) is 9.67. The van der Waals surface area contributed by atoms with Crippen LogP contribution in [0.2, 0.25) is 0 Å². The molecule has 0 unspecified atom stereocenters. The van der Waals surface area contributed by atoms with Gasteiger partial charge in [0.15, 0.2) is 0 Å². The number of carbonyl (C=O) groups is 1. The third kappa shape index (κ3) is 7.38. The Labute approximate surface area is 122 Å². The van der Waals surface area contributed by atoms with E-state index >= 15 is 0 Å². The molecule has 1 fully saturated rings. The first kappa shape index (κ1) is 18.8. The summed E-state index contributed by atoms with van der Waals surface area (Å²) in [6.07, 6.45) is 0.847. The number of aldehydes is 1. The minimum atomic E-state index is 0.205. The SMILES string of the molecule is CC.CN1CCOC[C@H]1CO.Cc1ccc(C=O)cc1. The van der Waals surface area contributed by atoms with Crippen molar-refractivity contribution in [3.8, 4) is 0 Å². The number of ether oxygens (including phenoxy) is 1. The lowest BCUT2D eigenvalue weighted by atomic mass is 10.2. The van der Waals surface area contributed by atoms with Crippen molar-refractivity contribution >= 4 is 6.29 Å². The molecule has 4 heteroatoms. The Kier molecular flexibility index (Phi) is 10.9. The third-order valence-electron chi connectivity index (χ3n) is 2.95. The van der Waals surface area contributed by atoms with E-state index in [0.29, 0.717) is 6.61 Å². The molecule has 1 N–H and O–H groups in total. The van der Waals surface area contributed by atoms with Crippen LogP contribution in [0.5, 0.6) is 0 Å². The first-order valence-electron chi connectivity index (χ1n) is 7.08. The van der Waals surface area contributed by atoms with Gasteiger partial charge in [-0.1, -0.05) is 43.7 Å². The lowest BCUT2D eigenvalue weighted by molar-refractivity contribution is -0.0148. The molecule has 1 saturated heterocycles. The first-order valence-corrected chi connectivity index (χ1v) is 7.08. The molecule has 0 radical (unpaired) electrons. The van der Waals surface area contributed by atoms with Gasteiger partial charge in [-0.05, 0) is 14.0 Å². The zero-order valence-electron chi connectivity index (χ0n) is 13.0. The van der Waals surface area contributed by atoms with Crippen LogP contribution < -0.4 is 0 Å². The van der Waals surface area contributed by atoms with Gasteiger partial charge in [-0.15, -0.1) is 0 Å². The molecule has 1 aliphatic rings. The van der Waals surface area contributed by atoms with E-state index in [9.17, 15) is 4.79 Å². The Morgan fingerprint density at radius 3 is 2.35 bits per heavy atom. The summed E-state index contributed by atoms with van der Waals surface area (Å²) in [5.74, 6) is 0. The highest BCUT2D eigenvalue weighted by atomic mass is 16.5. The van der Waals surface area contributed by atoms with E-state index < -0.39 is 0 Å². The summed E-state index contributed by atoms with van der Waals surface area (Å²) in [5, 5.41) is 8.74. The van der Waals surface area contributed by atoms with Crippen LogP contribution >= 0.6 is 0 Å². The van der Waals surface area contributed by atoms with Crippen LogP contribution in [0.15, 0.2) is 24.3 Å². The van der Waals surface area contributed by atoms with E-state index in [-0.39, 0.29) is 12.6 Å². The number of aryl methyl sites for hydroxylation is 1. The highest BCUT2D eigenvalue weighted by Gasteiger charge is 2.17. The highest BCUT2D eigenvalue weighted by molar-refractivity contribution is 5.74. The zero-order valence-corrected chi connectivity index (χ0v) is 13.0. The molecule has 0 saturated carbocycles. The molecular formula is C16H27NO3. The van der Waals surface area contributed by atoms with Gasteiger partial charge < -0.3 is 9.84 Å². The number of aliphatic hydroxyl groups is 1. The minimum Gasteiger partial charge on any atom is -0.395 e. The number of benzene rings is 1. The van der Waals surface area contributed by atoms with Crippen molar-refractivity contribution in [3.63, 3.8) is 0 Å². The Morgan fingerprint density at radius 2 is 1.95 bits per heavy atom. The lowest BCUT2D eigenvalue weighted by Crippen LogP contribution is -2.44. The van der Waals surface area contributed by atoms with E-state index in [1.54, 1.807) is 0 Å². The maximum atomic E-state index is 10.1. The molecule has 0 aromatic heterocycles. The van der Waals surface area contributed by atoms with Gasteiger partial charge in [-0.25, -0.2) is 0 Å². The number of hydrogen-bond acceptors (Lipinski definition) is 4. The van der Waals surface area contributed by atoms with Crippen molar-refractivity contribution < 1.29 is 14.6 Å². The number of likely N-dealkylation sites (N-methyl/N-ethyl adjacent to an activating group) is 1.